The lowest BCUT2D eigenvalue weighted by molar-refractivity contribution is 0.458. The van der Waals surface area contributed by atoms with Crippen molar-refractivity contribution >= 4 is 34.4 Å². The van der Waals surface area contributed by atoms with Crippen LogP contribution in [-0.2, 0) is 0 Å². The lowest BCUT2D eigenvalue weighted by atomic mass is 10.1. The SMILES string of the molecule is CNC(C)c1ccc(-c2c(Cl)ccc3nsnc23)o1. The summed E-state index contributed by atoms with van der Waals surface area (Å²) in [6.07, 6.45) is 0. The maximum absolute atomic E-state index is 6.28. The molecule has 3 aromatic rings. The summed E-state index contributed by atoms with van der Waals surface area (Å²) in [5.74, 6) is 1.59. The Hall–Kier alpha value is -1.43. The summed E-state index contributed by atoms with van der Waals surface area (Å²) < 4.78 is 14.4. The monoisotopic (exact) mass is 293 g/mol. The molecule has 3 rings (SSSR count). The molecule has 98 valence electrons. The van der Waals surface area contributed by atoms with Crippen molar-refractivity contribution in [1.82, 2.24) is 14.1 Å². The van der Waals surface area contributed by atoms with Crippen LogP contribution in [0.3, 0.4) is 0 Å². The number of benzene rings is 1. The Labute approximate surface area is 119 Å². The smallest absolute Gasteiger partial charge is 0.138 e. The summed E-state index contributed by atoms with van der Waals surface area (Å²) in [4.78, 5) is 0. The summed E-state index contributed by atoms with van der Waals surface area (Å²) in [6, 6.07) is 7.71. The first-order valence-corrected chi connectivity index (χ1v) is 6.99. The van der Waals surface area contributed by atoms with Gasteiger partial charge in [-0.05, 0) is 38.2 Å². The van der Waals surface area contributed by atoms with Gasteiger partial charge in [-0.2, -0.15) is 8.75 Å². The summed E-state index contributed by atoms with van der Waals surface area (Å²) in [7, 11) is 1.89. The predicted octanol–water partition coefficient (Wildman–Crippen LogP) is 3.89. The number of aromatic nitrogens is 2. The molecular weight excluding hydrogens is 282 g/mol. The van der Waals surface area contributed by atoms with Gasteiger partial charge in [-0.15, -0.1) is 0 Å². The second-order valence-corrected chi connectivity index (χ2v) is 5.20. The zero-order chi connectivity index (χ0) is 13.4. The van der Waals surface area contributed by atoms with Crippen LogP contribution in [0.4, 0.5) is 0 Å². The Morgan fingerprint density at radius 2 is 2.11 bits per heavy atom. The molecule has 1 unspecified atom stereocenters. The molecule has 0 aliphatic rings. The van der Waals surface area contributed by atoms with Gasteiger partial charge < -0.3 is 9.73 Å². The van der Waals surface area contributed by atoms with Crippen LogP contribution in [0.5, 0.6) is 0 Å². The Bertz CT molecular complexity index is 722. The third-order valence-electron chi connectivity index (χ3n) is 3.11. The van der Waals surface area contributed by atoms with Crippen molar-refractivity contribution in [2.24, 2.45) is 0 Å². The molecule has 1 N–H and O–H groups in total. The second-order valence-electron chi connectivity index (χ2n) is 4.27. The van der Waals surface area contributed by atoms with Crippen LogP contribution in [0.15, 0.2) is 28.7 Å². The van der Waals surface area contributed by atoms with E-state index in [2.05, 4.69) is 14.1 Å². The van der Waals surface area contributed by atoms with Crippen molar-refractivity contribution in [1.29, 1.82) is 0 Å². The molecule has 6 heteroatoms. The topological polar surface area (TPSA) is 51.0 Å². The van der Waals surface area contributed by atoms with Crippen molar-refractivity contribution in [2.75, 3.05) is 7.05 Å². The highest BCUT2D eigenvalue weighted by Crippen LogP contribution is 2.36. The van der Waals surface area contributed by atoms with E-state index in [1.807, 2.05) is 38.2 Å². The van der Waals surface area contributed by atoms with E-state index in [-0.39, 0.29) is 6.04 Å². The number of rotatable bonds is 3. The van der Waals surface area contributed by atoms with E-state index in [4.69, 9.17) is 16.0 Å². The van der Waals surface area contributed by atoms with Crippen LogP contribution in [0.1, 0.15) is 18.7 Å². The van der Waals surface area contributed by atoms with Crippen molar-refractivity contribution in [3.63, 3.8) is 0 Å². The van der Waals surface area contributed by atoms with Gasteiger partial charge in [0.15, 0.2) is 0 Å². The highest BCUT2D eigenvalue weighted by Gasteiger charge is 2.16. The Morgan fingerprint density at radius 1 is 1.26 bits per heavy atom. The minimum atomic E-state index is 0.153. The molecule has 1 atom stereocenters. The van der Waals surface area contributed by atoms with Gasteiger partial charge in [0.05, 0.1) is 28.4 Å². The van der Waals surface area contributed by atoms with Crippen molar-refractivity contribution in [2.45, 2.75) is 13.0 Å². The largest absolute Gasteiger partial charge is 0.459 e. The zero-order valence-corrected chi connectivity index (χ0v) is 12.0. The van der Waals surface area contributed by atoms with Crippen molar-refractivity contribution in [3.05, 3.63) is 35.0 Å². The van der Waals surface area contributed by atoms with Crippen LogP contribution < -0.4 is 5.32 Å². The summed E-state index contributed by atoms with van der Waals surface area (Å²) in [5.41, 5.74) is 2.43. The number of nitrogens with zero attached hydrogens (tertiary/aromatic N) is 2. The van der Waals surface area contributed by atoms with Gasteiger partial charge in [-0.1, -0.05) is 11.6 Å². The van der Waals surface area contributed by atoms with E-state index in [1.165, 1.54) is 11.7 Å². The third-order valence-corrected chi connectivity index (χ3v) is 3.97. The first-order chi connectivity index (χ1) is 9.20. The molecule has 19 heavy (non-hydrogen) atoms. The number of furan rings is 1. The molecule has 0 spiro atoms. The molecular formula is C13H12ClN3OS. The average molecular weight is 294 g/mol. The molecule has 0 fully saturated rings. The third kappa shape index (κ3) is 2.14. The normalized spacial score (nSPS) is 13.0. The molecule has 0 saturated carbocycles. The Morgan fingerprint density at radius 3 is 2.89 bits per heavy atom. The van der Waals surface area contributed by atoms with Crippen molar-refractivity contribution in [3.8, 4) is 11.3 Å². The summed E-state index contributed by atoms with van der Waals surface area (Å²) in [5, 5.41) is 3.76. The number of hydrogen-bond donors (Lipinski definition) is 1. The molecule has 1 aromatic carbocycles. The van der Waals surface area contributed by atoms with E-state index in [0.29, 0.717) is 5.02 Å². The molecule has 4 nitrogen and oxygen atoms in total. The molecule has 0 bridgehead atoms. The molecule has 2 heterocycles. The number of nitrogens with one attached hydrogen (secondary N) is 1. The lowest BCUT2D eigenvalue weighted by Crippen LogP contribution is -2.11. The molecule has 0 saturated heterocycles. The maximum atomic E-state index is 6.28. The van der Waals surface area contributed by atoms with Gasteiger partial charge in [-0.3, -0.25) is 0 Å². The predicted molar refractivity (Wildman–Crippen MR) is 77.6 cm³/mol. The lowest BCUT2D eigenvalue weighted by Gasteiger charge is -2.06. The van der Waals surface area contributed by atoms with E-state index in [0.717, 1.165) is 28.1 Å². The highest BCUT2D eigenvalue weighted by atomic mass is 35.5. The van der Waals surface area contributed by atoms with E-state index in [9.17, 15) is 0 Å². The number of hydrogen-bond acceptors (Lipinski definition) is 5. The number of fused-ring (bicyclic) bond motifs is 1. The molecule has 0 amide bonds. The first-order valence-electron chi connectivity index (χ1n) is 5.89. The fourth-order valence-electron chi connectivity index (χ4n) is 1.92. The molecule has 0 radical (unpaired) electrons. The van der Waals surface area contributed by atoms with E-state index < -0.39 is 0 Å². The standard InChI is InChI=1S/C13H12ClN3OS/c1-7(15-2)10-5-6-11(18-10)12-8(14)3-4-9-13(12)17-19-16-9/h3-7,15H,1-2H3. The molecule has 2 aromatic heterocycles. The van der Waals surface area contributed by atoms with Gasteiger partial charge >= 0.3 is 0 Å². The quantitative estimate of drug-likeness (QED) is 0.796. The van der Waals surface area contributed by atoms with Crippen LogP contribution in [0.2, 0.25) is 5.02 Å². The molecule has 0 aliphatic heterocycles. The fourth-order valence-corrected chi connectivity index (χ4v) is 2.71. The Balaban J connectivity index is 2.16. The second kappa shape index (κ2) is 4.92. The zero-order valence-electron chi connectivity index (χ0n) is 10.5. The minimum absolute atomic E-state index is 0.153. The van der Waals surface area contributed by atoms with Gasteiger partial charge in [-0.25, -0.2) is 0 Å². The fraction of sp³-hybridized carbons (Fsp3) is 0.231. The van der Waals surface area contributed by atoms with Crippen molar-refractivity contribution < 1.29 is 4.42 Å². The van der Waals surface area contributed by atoms with Crippen LogP contribution in [0.25, 0.3) is 22.4 Å². The van der Waals surface area contributed by atoms with Crippen LogP contribution in [0, 0.1) is 0 Å². The van der Waals surface area contributed by atoms with Gasteiger partial charge in [0.2, 0.25) is 0 Å². The van der Waals surface area contributed by atoms with Gasteiger partial charge in [0.1, 0.15) is 22.6 Å². The summed E-state index contributed by atoms with van der Waals surface area (Å²) >= 11 is 7.45. The average Bonchev–Trinajstić information content (AvgIpc) is 3.06. The highest BCUT2D eigenvalue weighted by molar-refractivity contribution is 7.00. The Kier molecular flexibility index (Phi) is 3.26. The number of halogens is 1. The van der Waals surface area contributed by atoms with Gasteiger partial charge in [0, 0.05) is 0 Å². The molecule has 0 aliphatic carbocycles. The van der Waals surface area contributed by atoms with E-state index >= 15 is 0 Å². The van der Waals surface area contributed by atoms with E-state index in [1.54, 1.807) is 0 Å². The minimum Gasteiger partial charge on any atom is -0.459 e. The van der Waals surface area contributed by atoms with Crippen LogP contribution in [-0.4, -0.2) is 15.8 Å². The van der Waals surface area contributed by atoms with Gasteiger partial charge in [0.25, 0.3) is 0 Å². The summed E-state index contributed by atoms with van der Waals surface area (Å²) in [6.45, 7) is 2.04. The van der Waals surface area contributed by atoms with Crippen LogP contribution >= 0.6 is 23.3 Å². The first kappa shape index (κ1) is 12.6. The maximum Gasteiger partial charge on any atom is 0.138 e.